The first-order chi connectivity index (χ1) is 13.5. The van der Waals surface area contributed by atoms with Gasteiger partial charge in [-0.05, 0) is 25.5 Å². The maximum atomic E-state index is 14.8. The van der Waals surface area contributed by atoms with Crippen LogP contribution in [0.2, 0.25) is 0 Å². The van der Waals surface area contributed by atoms with Crippen LogP contribution in [0.25, 0.3) is 22.2 Å². The van der Waals surface area contributed by atoms with Crippen LogP contribution in [0.3, 0.4) is 0 Å². The summed E-state index contributed by atoms with van der Waals surface area (Å²) < 4.78 is 22.2. The molecular formula is C21H25FN4O2. The summed E-state index contributed by atoms with van der Waals surface area (Å²) in [5.74, 6) is -0.0523. The number of nitrogens with two attached hydrogens (primary N) is 1. The van der Waals surface area contributed by atoms with Gasteiger partial charge in [-0.3, -0.25) is 4.79 Å². The Balaban J connectivity index is 2.01. The number of carbonyl (C=O) groups excluding carboxylic acids is 1. The third kappa shape index (κ3) is 4.55. The average molecular weight is 384 g/mol. The quantitative estimate of drug-likeness (QED) is 0.556. The predicted octanol–water partition coefficient (Wildman–Crippen LogP) is 2.76. The zero-order valence-electron chi connectivity index (χ0n) is 16.2. The molecule has 0 unspecified atom stereocenters. The zero-order valence-corrected chi connectivity index (χ0v) is 16.2. The highest BCUT2D eigenvalue weighted by atomic mass is 19.1. The van der Waals surface area contributed by atoms with Crippen LogP contribution in [0, 0.1) is 12.7 Å². The fourth-order valence-corrected chi connectivity index (χ4v) is 3.13. The molecule has 0 saturated carbocycles. The zero-order chi connectivity index (χ0) is 20.1. The molecule has 3 rings (SSSR count). The Morgan fingerprint density at radius 3 is 2.71 bits per heavy atom. The standard InChI is InChI=1S/C21H25FN4O2/c1-3-28-9-8-26-19-10-16(15-6-4-14(2)5-7-15)17(22)11-18(19)25-21(26)13-24-12-20(23)27/h4-7,10-11,24H,3,8-9,12-13H2,1-2H3,(H2,23,27). The third-order valence-electron chi connectivity index (χ3n) is 4.52. The summed E-state index contributed by atoms with van der Waals surface area (Å²) in [6.07, 6.45) is 0. The maximum Gasteiger partial charge on any atom is 0.231 e. The first-order valence-corrected chi connectivity index (χ1v) is 9.32. The summed E-state index contributed by atoms with van der Waals surface area (Å²) >= 11 is 0. The Morgan fingerprint density at radius 1 is 1.29 bits per heavy atom. The van der Waals surface area contributed by atoms with Crippen molar-refractivity contribution in [3.8, 4) is 11.1 Å². The number of carbonyl (C=O) groups is 1. The van der Waals surface area contributed by atoms with E-state index in [0.717, 1.165) is 16.6 Å². The van der Waals surface area contributed by atoms with Gasteiger partial charge in [-0.1, -0.05) is 29.8 Å². The van der Waals surface area contributed by atoms with E-state index in [0.29, 0.717) is 43.2 Å². The van der Waals surface area contributed by atoms with Gasteiger partial charge < -0.3 is 20.4 Å². The molecule has 2 aromatic carbocycles. The van der Waals surface area contributed by atoms with Crippen LogP contribution in [0.1, 0.15) is 18.3 Å². The van der Waals surface area contributed by atoms with Crippen molar-refractivity contribution in [2.24, 2.45) is 5.73 Å². The van der Waals surface area contributed by atoms with E-state index in [2.05, 4.69) is 10.3 Å². The first kappa shape index (κ1) is 20.0. The van der Waals surface area contributed by atoms with Gasteiger partial charge in [-0.25, -0.2) is 9.37 Å². The summed E-state index contributed by atoms with van der Waals surface area (Å²) in [5, 5.41) is 2.97. The monoisotopic (exact) mass is 384 g/mol. The minimum atomic E-state index is -0.440. The molecular weight excluding hydrogens is 359 g/mol. The van der Waals surface area contributed by atoms with Crippen LogP contribution in [0.15, 0.2) is 36.4 Å². The molecule has 0 radical (unpaired) electrons. The molecule has 0 spiro atoms. The molecule has 0 bridgehead atoms. The highest BCUT2D eigenvalue weighted by Crippen LogP contribution is 2.28. The molecule has 3 N–H and O–H groups in total. The second-order valence-corrected chi connectivity index (χ2v) is 6.63. The van der Waals surface area contributed by atoms with E-state index in [1.165, 1.54) is 6.07 Å². The number of hydrogen-bond donors (Lipinski definition) is 2. The van der Waals surface area contributed by atoms with Crippen molar-refractivity contribution in [2.75, 3.05) is 19.8 Å². The lowest BCUT2D eigenvalue weighted by molar-refractivity contribution is -0.117. The SMILES string of the molecule is CCOCCn1c(CNCC(N)=O)nc2cc(F)c(-c3ccc(C)cc3)cc21. The molecule has 0 aliphatic heterocycles. The van der Waals surface area contributed by atoms with Crippen LogP contribution in [-0.4, -0.2) is 35.2 Å². The van der Waals surface area contributed by atoms with Crippen molar-refractivity contribution in [1.29, 1.82) is 0 Å². The highest BCUT2D eigenvalue weighted by Gasteiger charge is 2.15. The normalized spacial score (nSPS) is 11.2. The summed E-state index contributed by atoms with van der Waals surface area (Å²) in [4.78, 5) is 15.5. The fraction of sp³-hybridized carbons (Fsp3) is 0.333. The van der Waals surface area contributed by atoms with E-state index in [-0.39, 0.29) is 12.4 Å². The summed E-state index contributed by atoms with van der Waals surface area (Å²) in [6.45, 7) is 6.05. The second kappa shape index (κ2) is 8.95. The number of nitrogens with one attached hydrogen (secondary N) is 1. The number of ether oxygens (including phenoxy) is 1. The van der Waals surface area contributed by atoms with Crippen LogP contribution in [-0.2, 0) is 22.6 Å². The Morgan fingerprint density at radius 2 is 2.04 bits per heavy atom. The Bertz CT molecular complexity index is 967. The number of fused-ring (bicyclic) bond motifs is 1. The molecule has 0 atom stereocenters. The van der Waals surface area contributed by atoms with Crippen LogP contribution < -0.4 is 11.1 Å². The largest absolute Gasteiger partial charge is 0.380 e. The van der Waals surface area contributed by atoms with Gasteiger partial charge in [0.2, 0.25) is 5.91 Å². The minimum absolute atomic E-state index is 0.0532. The molecule has 6 nitrogen and oxygen atoms in total. The van der Waals surface area contributed by atoms with Gasteiger partial charge >= 0.3 is 0 Å². The first-order valence-electron chi connectivity index (χ1n) is 9.32. The lowest BCUT2D eigenvalue weighted by Gasteiger charge is -2.11. The van der Waals surface area contributed by atoms with Crippen molar-refractivity contribution >= 4 is 16.9 Å². The van der Waals surface area contributed by atoms with E-state index in [4.69, 9.17) is 10.5 Å². The number of benzene rings is 2. The van der Waals surface area contributed by atoms with E-state index < -0.39 is 5.91 Å². The van der Waals surface area contributed by atoms with Crippen molar-refractivity contribution in [2.45, 2.75) is 26.9 Å². The number of halogens is 1. The molecule has 0 aliphatic carbocycles. The Labute approximate surface area is 163 Å². The second-order valence-electron chi connectivity index (χ2n) is 6.63. The maximum absolute atomic E-state index is 14.8. The van der Waals surface area contributed by atoms with Crippen molar-refractivity contribution in [3.05, 3.63) is 53.6 Å². The van der Waals surface area contributed by atoms with Gasteiger partial charge in [0, 0.05) is 24.8 Å². The molecule has 3 aromatic rings. The van der Waals surface area contributed by atoms with Crippen molar-refractivity contribution in [1.82, 2.24) is 14.9 Å². The Hall–Kier alpha value is -2.77. The fourth-order valence-electron chi connectivity index (χ4n) is 3.13. The predicted molar refractivity (Wildman–Crippen MR) is 107 cm³/mol. The third-order valence-corrected chi connectivity index (χ3v) is 4.52. The highest BCUT2D eigenvalue weighted by molar-refractivity contribution is 5.83. The van der Waals surface area contributed by atoms with Gasteiger partial charge in [-0.2, -0.15) is 0 Å². The number of rotatable bonds is 9. The molecule has 1 aromatic heterocycles. The molecule has 0 saturated heterocycles. The minimum Gasteiger partial charge on any atom is -0.380 e. The van der Waals surface area contributed by atoms with Gasteiger partial charge in [0.05, 0.1) is 30.7 Å². The number of aromatic nitrogens is 2. The topological polar surface area (TPSA) is 82.2 Å². The van der Waals surface area contributed by atoms with E-state index in [1.807, 2.05) is 48.7 Å². The van der Waals surface area contributed by atoms with Gasteiger partial charge in [0.1, 0.15) is 11.6 Å². The number of primary amides is 1. The smallest absolute Gasteiger partial charge is 0.231 e. The molecule has 7 heteroatoms. The molecule has 148 valence electrons. The lowest BCUT2D eigenvalue weighted by atomic mass is 10.0. The van der Waals surface area contributed by atoms with Gasteiger partial charge in [0.15, 0.2) is 0 Å². The van der Waals surface area contributed by atoms with E-state index in [1.54, 1.807) is 0 Å². The molecule has 1 amide bonds. The van der Waals surface area contributed by atoms with Crippen LogP contribution in [0.4, 0.5) is 4.39 Å². The van der Waals surface area contributed by atoms with E-state index in [9.17, 15) is 9.18 Å². The van der Waals surface area contributed by atoms with E-state index >= 15 is 0 Å². The molecule has 0 fully saturated rings. The molecule has 0 aliphatic rings. The van der Waals surface area contributed by atoms with Gasteiger partial charge in [0.25, 0.3) is 0 Å². The van der Waals surface area contributed by atoms with Crippen LogP contribution >= 0.6 is 0 Å². The number of imidazole rings is 1. The van der Waals surface area contributed by atoms with Crippen LogP contribution in [0.5, 0.6) is 0 Å². The average Bonchev–Trinajstić information content (AvgIpc) is 2.98. The number of amides is 1. The number of hydrogen-bond acceptors (Lipinski definition) is 4. The summed E-state index contributed by atoms with van der Waals surface area (Å²) in [7, 11) is 0. The van der Waals surface area contributed by atoms with Crippen molar-refractivity contribution < 1.29 is 13.9 Å². The molecule has 28 heavy (non-hydrogen) atoms. The van der Waals surface area contributed by atoms with Crippen molar-refractivity contribution in [3.63, 3.8) is 0 Å². The number of nitrogens with zero attached hydrogens (tertiary/aromatic N) is 2. The molecule has 1 heterocycles. The Kier molecular flexibility index (Phi) is 6.38. The van der Waals surface area contributed by atoms with Gasteiger partial charge in [-0.15, -0.1) is 0 Å². The lowest BCUT2D eigenvalue weighted by Crippen LogP contribution is -2.29. The number of aryl methyl sites for hydroxylation is 1. The summed E-state index contributed by atoms with van der Waals surface area (Å²) in [6, 6.07) is 11.0. The summed E-state index contributed by atoms with van der Waals surface area (Å²) in [5.41, 5.74) is 9.05.